The lowest BCUT2D eigenvalue weighted by Crippen LogP contribution is -2.14. The van der Waals surface area contributed by atoms with Crippen LogP contribution >= 0.6 is 34.8 Å². The van der Waals surface area contributed by atoms with E-state index in [4.69, 9.17) is 44.3 Å². The maximum Gasteiger partial charge on any atom is 0.344 e. The molecule has 0 aliphatic heterocycles. The van der Waals surface area contributed by atoms with Crippen molar-refractivity contribution < 1.29 is 14.3 Å². The smallest absolute Gasteiger partial charge is 0.344 e. The number of hydrogen-bond donors (Lipinski definition) is 0. The second-order valence-electron chi connectivity index (χ2n) is 4.15. The summed E-state index contributed by atoms with van der Waals surface area (Å²) in [7, 11) is 0. The summed E-state index contributed by atoms with van der Waals surface area (Å²) in [4.78, 5) is 11.6. The van der Waals surface area contributed by atoms with E-state index < -0.39 is 5.97 Å². The molecule has 0 N–H and O–H groups in total. The number of benzene rings is 2. The van der Waals surface area contributed by atoms with E-state index in [-0.39, 0.29) is 13.2 Å². The van der Waals surface area contributed by atoms with Gasteiger partial charge in [-0.15, -0.1) is 0 Å². The van der Waals surface area contributed by atoms with Gasteiger partial charge in [-0.05, 0) is 35.9 Å². The molecule has 0 spiro atoms. The fraction of sp³-hybridized carbons (Fsp3) is 0.133. The summed E-state index contributed by atoms with van der Waals surface area (Å²) in [5.74, 6) is -0.123. The molecular formula is C15H11Cl3O3. The molecule has 0 saturated carbocycles. The van der Waals surface area contributed by atoms with Gasteiger partial charge in [0.25, 0.3) is 0 Å². The van der Waals surface area contributed by atoms with Gasteiger partial charge in [0.2, 0.25) is 0 Å². The normalized spacial score (nSPS) is 10.2. The minimum absolute atomic E-state index is 0.136. The average molecular weight is 346 g/mol. The van der Waals surface area contributed by atoms with Gasteiger partial charge in [-0.3, -0.25) is 0 Å². The van der Waals surface area contributed by atoms with Crippen LogP contribution < -0.4 is 4.74 Å². The van der Waals surface area contributed by atoms with E-state index in [1.54, 1.807) is 30.3 Å². The van der Waals surface area contributed by atoms with Crippen molar-refractivity contribution in [2.45, 2.75) is 6.61 Å². The van der Waals surface area contributed by atoms with Crippen LogP contribution in [0.1, 0.15) is 5.56 Å². The van der Waals surface area contributed by atoms with E-state index in [2.05, 4.69) is 0 Å². The number of esters is 1. The molecule has 2 aromatic rings. The van der Waals surface area contributed by atoms with Crippen LogP contribution in [0.2, 0.25) is 15.1 Å². The monoisotopic (exact) mass is 344 g/mol. The van der Waals surface area contributed by atoms with Gasteiger partial charge in [0.05, 0.1) is 5.02 Å². The number of ether oxygens (including phenoxy) is 2. The molecule has 0 heterocycles. The van der Waals surface area contributed by atoms with Crippen molar-refractivity contribution in [3.05, 3.63) is 63.1 Å². The predicted octanol–water partition coefficient (Wildman–Crippen LogP) is 4.77. The zero-order valence-corrected chi connectivity index (χ0v) is 13.1. The summed E-state index contributed by atoms with van der Waals surface area (Å²) < 4.78 is 10.4. The topological polar surface area (TPSA) is 35.5 Å². The summed E-state index contributed by atoms with van der Waals surface area (Å²) in [5, 5.41) is 1.42. The Kier molecular flexibility index (Phi) is 5.74. The molecule has 3 nitrogen and oxygen atoms in total. The lowest BCUT2D eigenvalue weighted by atomic mass is 10.2. The Morgan fingerprint density at radius 3 is 2.48 bits per heavy atom. The Bertz CT molecular complexity index is 644. The van der Waals surface area contributed by atoms with Gasteiger partial charge in [-0.2, -0.15) is 0 Å². The molecule has 0 unspecified atom stereocenters. The van der Waals surface area contributed by atoms with Gasteiger partial charge in [-0.25, -0.2) is 4.79 Å². The van der Waals surface area contributed by atoms with Crippen LogP contribution in [-0.4, -0.2) is 12.6 Å². The number of carbonyl (C=O) groups excluding carboxylic acids is 1. The second kappa shape index (κ2) is 7.55. The van der Waals surface area contributed by atoms with Crippen molar-refractivity contribution in [3.8, 4) is 5.75 Å². The van der Waals surface area contributed by atoms with Crippen LogP contribution in [0.5, 0.6) is 5.75 Å². The van der Waals surface area contributed by atoms with Gasteiger partial charge >= 0.3 is 5.97 Å². The first-order valence-electron chi connectivity index (χ1n) is 6.02. The van der Waals surface area contributed by atoms with Gasteiger partial charge in [-0.1, -0.05) is 46.9 Å². The SMILES string of the molecule is O=C(COc1ccc(Cl)cc1Cl)OCc1cccc(Cl)c1. The number of carbonyl (C=O) groups is 1. The summed E-state index contributed by atoms with van der Waals surface area (Å²) in [6.07, 6.45) is 0. The van der Waals surface area contributed by atoms with Crippen molar-refractivity contribution in [2.24, 2.45) is 0 Å². The molecule has 0 aliphatic carbocycles. The van der Waals surface area contributed by atoms with Crippen molar-refractivity contribution >= 4 is 40.8 Å². The summed E-state index contributed by atoms with van der Waals surface area (Å²) in [6.45, 7) is -0.0982. The summed E-state index contributed by atoms with van der Waals surface area (Å²) >= 11 is 17.5. The molecule has 0 atom stereocenters. The van der Waals surface area contributed by atoms with E-state index in [1.807, 2.05) is 6.07 Å². The zero-order chi connectivity index (χ0) is 15.2. The molecule has 110 valence electrons. The highest BCUT2D eigenvalue weighted by Crippen LogP contribution is 2.27. The van der Waals surface area contributed by atoms with Crippen molar-refractivity contribution in [1.82, 2.24) is 0 Å². The Balaban J connectivity index is 1.82. The fourth-order valence-electron chi connectivity index (χ4n) is 1.56. The molecule has 0 aromatic heterocycles. The van der Waals surface area contributed by atoms with Gasteiger partial charge in [0, 0.05) is 10.0 Å². The van der Waals surface area contributed by atoms with E-state index in [0.29, 0.717) is 20.8 Å². The van der Waals surface area contributed by atoms with Crippen LogP contribution in [0, 0.1) is 0 Å². The first-order valence-corrected chi connectivity index (χ1v) is 7.16. The van der Waals surface area contributed by atoms with Crippen LogP contribution in [0.25, 0.3) is 0 Å². The van der Waals surface area contributed by atoms with E-state index in [9.17, 15) is 4.79 Å². The number of rotatable bonds is 5. The molecule has 0 saturated heterocycles. The first-order chi connectivity index (χ1) is 10.0. The highest BCUT2D eigenvalue weighted by atomic mass is 35.5. The van der Waals surface area contributed by atoms with E-state index >= 15 is 0 Å². The summed E-state index contributed by atoms with van der Waals surface area (Å²) in [5.41, 5.74) is 0.806. The van der Waals surface area contributed by atoms with Crippen LogP contribution in [0.3, 0.4) is 0 Å². The number of halogens is 3. The molecule has 6 heteroatoms. The molecule has 2 rings (SSSR count). The molecule has 2 aromatic carbocycles. The Morgan fingerprint density at radius 2 is 1.76 bits per heavy atom. The van der Waals surface area contributed by atoms with Crippen LogP contribution in [-0.2, 0) is 16.1 Å². The van der Waals surface area contributed by atoms with Crippen molar-refractivity contribution in [1.29, 1.82) is 0 Å². The molecule has 0 fully saturated rings. The summed E-state index contributed by atoms with van der Waals surface area (Å²) in [6, 6.07) is 11.8. The molecule has 0 amide bonds. The highest BCUT2D eigenvalue weighted by molar-refractivity contribution is 6.35. The molecular weight excluding hydrogens is 335 g/mol. The van der Waals surface area contributed by atoms with Gasteiger partial charge < -0.3 is 9.47 Å². The molecule has 0 aliphatic rings. The largest absolute Gasteiger partial charge is 0.480 e. The van der Waals surface area contributed by atoms with E-state index in [1.165, 1.54) is 6.07 Å². The third kappa shape index (κ3) is 5.12. The minimum atomic E-state index is -0.499. The van der Waals surface area contributed by atoms with E-state index in [0.717, 1.165) is 5.56 Å². The van der Waals surface area contributed by atoms with Crippen LogP contribution in [0.15, 0.2) is 42.5 Å². The average Bonchev–Trinajstić information content (AvgIpc) is 2.44. The van der Waals surface area contributed by atoms with Crippen molar-refractivity contribution in [2.75, 3.05) is 6.61 Å². The quantitative estimate of drug-likeness (QED) is 0.732. The Morgan fingerprint density at radius 1 is 1.00 bits per heavy atom. The lowest BCUT2D eigenvalue weighted by Gasteiger charge is -2.08. The lowest BCUT2D eigenvalue weighted by molar-refractivity contribution is -0.147. The van der Waals surface area contributed by atoms with Gasteiger partial charge in [0.15, 0.2) is 6.61 Å². The first kappa shape index (κ1) is 16.0. The number of hydrogen-bond acceptors (Lipinski definition) is 3. The fourth-order valence-corrected chi connectivity index (χ4v) is 2.24. The third-order valence-corrected chi connectivity index (χ3v) is 3.29. The molecule has 21 heavy (non-hydrogen) atoms. The predicted molar refractivity (Wildman–Crippen MR) is 83.2 cm³/mol. The minimum Gasteiger partial charge on any atom is -0.480 e. The van der Waals surface area contributed by atoms with Crippen LogP contribution in [0.4, 0.5) is 0 Å². The third-order valence-electron chi connectivity index (χ3n) is 2.53. The van der Waals surface area contributed by atoms with Gasteiger partial charge in [0.1, 0.15) is 12.4 Å². The second-order valence-corrected chi connectivity index (χ2v) is 5.43. The Hall–Kier alpha value is -1.42. The molecule has 0 radical (unpaired) electrons. The maximum atomic E-state index is 11.6. The standard InChI is InChI=1S/C15H11Cl3O3/c16-11-3-1-2-10(6-11)8-21-15(19)9-20-14-5-4-12(17)7-13(14)18/h1-7H,8-9H2. The Labute approximate surface area is 137 Å². The van der Waals surface area contributed by atoms with Crippen molar-refractivity contribution in [3.63, 3.8) is 0 Å². The highest BCUT2D eigenvalue weighted by Gasteiger charge is 2.08. The molecule has 0 bridgehead atoms. The zero-order valence-electron chi connectivity index (χ0n) is 10.8. The maximum absolute atomic E-state index is 11.6.